The Balaban J connectivity index is 1.99. The Morgan fingerprint density at radius 3 is 2.82 bits per heavy atom. The lowest BCUT2D eigenvalue weighted by molar-refractivity contribution is -0.136. The molecule has 1 aliphatic carbocycles. The van der Waals surface area contributed by atoms with E-state index in [0.717, 1.165) is 31.2 Å². The molecule has 1 aliphatic rings. The van der Waals surface area contributed by atoms with Crippen molar-refractivity contribution in [3.05, 3.63) is 11.6 Å². The van der Waals surface area contributed by atoms with Crippen LogP contribution in [0, 0.1) is 5.92 Å². The number of rotatable bonds is 9. The van der Waals surface area contributed by atoms with Crippen molar-refractivity contribution in [1.29, 1.82) is 0 Å². The molecule has 1 saturated carbocycles. The zero-order valence-electron chi connectivity index (χ0n) is 10.8. The van der Waals surface area contributed by atoms with E-state index in [1.54, 1.807) is 0 Å². The number of hydrogen-bond acceptors (Lipinski definition) is 4. The molecular weight excluding hydrogens is 218 g/mol. The molecule has 0 saturated heterocycles. The van der Waals surface area contributed by atoms with E-state index < -0.39 is 0 Å². The topological polar surface area (TPSA) is 47.6 Å². The minimum Gasteiger partial charge on any atom is -0.466 e. The summed E-state index contributed by atoms with van der Waals surface area (Å²) in [5.74, 6) is 0.584. The summed E-state index contributed by atoms with van der Waals surface area (Å²) in [5.41, 5.74) is 0.721. The third-order valence-corrected chi connectivity index (χ3v) is 2.79. The van der Waals surface area contributed by atoms with Crippen molar-refractivity contribution in [3.8, 4) is 0 Å². The van der Waals surface area contributed by atoms with Crippen LogP contribution in [0.3, 0.4) is 0 Å². The normalized spacial score (nSPS) is 16.0. The Bertz CT molecular complexity index is 259. The van der Waals surface area contributed by atoms with Gasteiger partial charge in [-0.2, -0.15) is 0 Å². The number of hydrogen-bond donors (Lipinski definition) is 1. The van der Waals surface area contributed by atoms with Crippen LogP contribution in [0.15, 0.2) is 11.6 Å². The average Bonchev–Trinajstić information content (AvgIpc) is 3.16. The maximum Gasteiger partial charge on any atom is 0.333 e. The Morgan fingerprint density at radius 2 is 2.24 bits per heavy atom. The highest BCUT2D eigenvalue weighted by Crippen LogP contribution is 2.28. The third-order valence-electron chi connectivity index (χ3n) is 2.79. The lowest BCUT2D eigenvalue weighted by atomic mass is 10.2. The summed E-state index contributed by atoms with van der Waals surface area (Å²) in [5, 5.41) is 3.21. The molecule has 0 amide bonds. The predicted octanol–water partition coefficient (Wildman–Crippen LogP) is 1.51. The maximum atomic E-state index is 11.2. The van der Waals surface area contributed by atoms with Crippen molar-refractivity contribution in [2.75, 3.05) is 33.4 Å². The van der Waals surface area contributed by atoms with Crippen LogP contribution in [0.5, 0.6) is 0 Å². The summed E-state index contributed by atoms with van der Waals surface area (Å²) < 4.78 is 10.2. The van der Waals surface area contributed by atoms with E-state index in [2.05, 4.69) is 10.1 Å². The van der Waals surface area contributed by atoms with E-state index >= 15 is 0 Å². The maximum absolute atomic E-state index is 11.2. The number of ether oxygens (including phenoxy) is 2. The molecular formula is C13H23NO3. The predicted molar refractivity (Wildman–Crippen MR) is 66.8 cm³/mol. The standard InChI is InChI=1S/C13H23NO3/c1-3-12(13(15)16-2)6-7-14-8-9-17-10-11-4-5-11/h6,11,14H,3-5,7-10H2,1-2H3. The highest BCUT2D eigenvalue weighted by molar-refractivity contribution is 5.88. The fraction of sp³-hybridized carbons (Fsp3) is 0.769. The van der Waals surface area contributed by atoms with E-state index in [9.17, 15) is 4.79 Å². The lowest BCUT2D eigenvalue weighted by Gasteiger charge is -2.05. The molecule has 0 unspecified atom stereocenters. The molecule has 0 bridgehead atoms. The fourth-order valence-electron chi connectivity index (χ4n) is 1.48. The van der Waals surface area contributed by atoms with E-state index in [-0.39, 0.29) is 5.97 Å². The van der Waals surface area contributed by atoms with E-state index in [4.69, 9.17) is 4.74 Å². The van der Waals surface area contributed by atoms with Gasteiger partial charge in [0.05, 0.1) is 13.7 Å². The summed E-state index contributed by atoms with van der Waals surface area (Å²) >= 11 is 0. The van der Waals surface area contributed by atoms with Gasteiger partial charge in [-0.15, -0.1) is 0 Å². The van der Waals surface area contributed by atoms with Gasteiger partial charge in [-0.25, -0.2) is 4.79 Å². The van der Waals surface area contributed by atoms with Gasteiger partial charge in [-0.3, -0.25) is 0 Å². The van der Waals surface area contributed by atoms with Crippen molar-refractivity contribution < 1.29 is 14.3 Å². The molecule has 4 nitrogen and oxygen atoms in total. The first kappa shape index (κ1) is 14.2. The van der Waals surface area contributed by atoms with Crippen LogP contribution < -0.4 is 5.32 Å². The molecule has 0 aliphatic heterocycles. The van der Waals surface area contributed by atoms with Gasteiger partial charge in [0.25, 0.3) is 0 Å². The van der Waals surface area contributed by atoms with Crippen LogP contribution in [0.4, 0.5) is 0 Å². The van der Waals surface area contributed by atoms with Gasteiger partial charge in [0.1, 0.15) is 0 Å². The summed E-state index contributed by atoms with van der Waals surface area (Å²) in [4.78, 5) is 11.2. The highest BCUT2D eigenvalue weighted by atomic mass is 16.5. The summed E-state index contributed by atoms with van der Waals surface area (Å²) in [6.45, 7) is 5.10. The van der Waals surface area contributed by atoms with Crippen molar-refractivity contribution in [2.24, 2.45) is 5.92 Å². The number of carbonyl (C=O) groups is 1. The second-order valence-electron chi connectivity index (χ2n) is 4.30. The molecule has 4 heteroatoms. The number of methoxy groups -OCH3 is 1. The molecule has 98 valence electrons. The van der Waals surface area contributed by atoms with Crippen LogP contribution in [-0.4, -0.2) is 39.4 Å². The first-order valence-corrected chi connectivity index (χ1v) is 6.33. The van der Waals surface area contributed by atoms with Gasteiger partial charge in [-0.05, 0) is 25.2 Å². The van der Waals surface area contributed by atoms with Crippen molar-refractivity contribution >= 4 is 5.97 Å². The van der Waals surface area contributed by atoms with Gasteiger partial charge in [0.15, 0.2) is 0 Å². The monoisotopic (exact) mass is 241 g/mol. The molecule has 1 rings (SSSR count). The van der Waals surface area contributed by atoms with Crippen LogP contribution in [0.2, 0.25) is 0 Å². The average molecular weight is 241 g/mol. The van der Waals surface area contributed by atoms with E-state index in [1.165, 1.54) is 20.0 Å². The van der Waals surface area contributed by atoms with Gasteiger partial charge in [0, 0.05) is 25.3 Å². The number of esters is 1. The minimum absolute atomic E-state index is 0.237. The van der Waals surface area contributed by atoms with Crippen LogP contribution in [0.25, 0.3) is 0 Å². The molecule has 1 N–H and O–H groups in total. The van der Waals surface area contributed by atoms with Gasteiger partial charge >= 0.3 is 5.97 Å². The summed E-state index contributed by atoms with van der Waals surface area (Å²) in [7, 11) is 1.41. The molecule has 0 heterocycles. The fourth-order valence-corrected chi connectivity index (χ4v) is 1.48. The summed E-state index contributed by atoms with van der Waals surface area (Å²) in [6, 6.07) is 0. The first-order chi connectivity index (χ1) is 8.27. The number of carbonyl (C=O) groups excluding carboxylic acids is 1. The second kappa shape index (κ2) is 8.25. The van der Waals surface area contributed by atoms with E-state index in [0.29, 0.717) is 13.0 Å². The zero-order chi connectivity index (χ0) is 12.5. The Morgan fingerprint density at radius 1 is 1.47 bits per heavy atom. The van der Waals surface area contributed by atoms with Gasteiger partial charge in [-0.1, -0.05) is 13.0 Å². The molecule has 0 atom stereocenters. The molecule has 0 radical (unpaired) electrons. The molecule has 0 aromatic carbocycles. The largest absolute Gasteiger partial charge is 0.466 e. The molecule has 1 fully saturated rings. The Labute approximate surface area is 103 Å². The van der Waals surface area contributed by atoms with Gasteiger partial charge < -0.3 is 14.8 Å². The van der Waals surface area contributed by atoms with Crippen molar-refractivity contribution in [3.63, 3.8) is 0 Å². The first-order valence-electron chi connectivity index (χ1n) is 6.33. The minimum atomic E-state index is -0.237. The van der Waals surface area contributed by atoms with E-state index in [1.807, 2.05) is 13.0 Å². The summed E-state index contributed by atoms with van der Waals surface area (Å²) in [6.07, 6.45) is 5.24. The Hall–Kier alpha value is -0.870. The van der Waals surface area contributed by atoms with Crippen molar-refractivity contribution in [2.45, 2.75) is 26.2 Å². The second-order valence-corrected chi connectivity index (χ2v) is 4.30. The number of nitrogens with one attached hydrogen (secondary N) is 1. The van der Waals surface area contributed by atoms with Crippen LogP contribution in [0.1, 0.15) is 26.2 Å². The Kier molecular flexibility index (Phi) is 6.89. The molecule has 17 heavy (non-hydrogen) atoms. The SMILES string of the molecule is CCC(=CCNCCOCC1CC1)C(=O)OC. The molecule has 0 spiro atoms. The van der Waals surface area contributed by atoms with Gasteiger partial charge in [0.2, 0.25) is 0 Å². The van der Waals surface area contributed by atoms with Crippen LogP contribution >= 0.6 is 0 Å². The lowest BCUT2D eigenvalue weighted by Crippen LogP contribution is -2.21. The zero-order valence-corrected chi connectivity index (χ0v) is 10.8. The highest BCUT2D eigenvalue weighted by Gasteiger charge is 2.20. The third kappa shape index (κ3) is 6.44. The molecule has 0 aromatic rings. The quantitative estimate of drug-likeness (QED) is 0.378. The van der Waals surface area contributed by atoms with Crippen molar-refractivity contribution in [1.82, 2.24) is 5.32 Å². The smallest absolute Gasteiger partial charge is 0.333 e. The van der Waals surface area contributed by atoms with Crippen LogP contribution in [-0.2, 0) is 14.3 Å². The molecule has 0 aromatic heterocycles.